The third kappa shape index (κ3) is 8.48. The Balaban J connectivity index is 0.971. The molecule has 1 aliphatic rings. The van der Waals surface area contributed by atoms with Crippen molar-refractivity contribution in [2.24, 2.45) is 0 Å². The molecule has 1 fully saturated rings. The van der Waals surface area contributed by atoms with Crippen LogP contribution in [0.2, 0.25) is 0 Å². The predicted octanol–water partition coefficient (Wildman–Crippen LogP) is 4.07. The largest absolute Gasteiger partial charge is 0.459 e. The van der Waals surface area contributed by atoms with Gasteiger partial charge in [0.15, 0.2) is 5.60 Å². The molecule has 314 valence electrons. The lowest BCUT2D eigenvalue weighted by Gasteiger charge is -2.37. The van der Waals surface area contributed by atoms with E-state index in [-0.39, 0.29) is 18.2 Å². The van der Waals surface area contributed by atoms with Gasteiger partial charge in [-0.1, -0.05) is 43.3 Å². The highest BCUT2D eigenvalue weighted by Gasteiger charge is 2.57. The number of aromatic nitrogens is 9. The number of benzene rings is 2. The van der Waals surface area contributed by atoms with Crippen LogP contribution in [-0.4, -0.2) is 113 Å². The molecule has 6 aromatic rings. The molecule has 5 heterocycles. The van der Waals surface area contributed by atoms with Crippen molar-refractivity contribution in [3.8, 4) is 16.9 Å². The van der Waals surface area contributed by atoms with Crippen molar-refractivity contribution >= 4 is 17.3 Å². The number of nitrogens with zero attached hydrogens (tertiary/aromatic N) is 12. The van der Waals surface area contributed by atoms with Gasteiger partial charge < -0.3 is 19.6 Å². The highest BCUT2D eigenvalue weighted by atomic mass is 19.3. The summed E-state index contributed by atoms with van der Waals surface area (Å²) in [6.07, 6.45) is 5.49. The lowest BCUT2D eigenvalue weighted by Crippen LogP contribution is -2.48. The molecular weight excluding hydrogens is 782 g/mol. The number of esters is 1. The Bertz CT molecular complexity index is 2420. The number of halogens is 3. The Hall–Kier alpha value is -6.47. The second-order valence-corrected chi connectivity index (χ2v) is 14.9. The lowest BCUT2D eigenvalue weighted by atomic mass is 9.84. The van der Waals surface area contributed by atoms with Crippen molar-refractivity contribution < 1.29 is 27.8 Å². The predicted molar refractivity (Wildman–Crippen MR) is 215 cm³/mol. The average molecular weight is 827 g/mol. The van der Waals surface area contributed by atoms with Crippen LogP contribution in [0, 0.1) is 5.82 Å². The van der Waals surface area contributed by atoms with Crippen molar-refractivity contribution in [2.75, 3.05) is 56.6 Å². The van der Waals surface area contributed by atoms with Crippen molar-refractivity contribution in [2.45, 2.75) is 50.5 Å². The van der Waals surface area contributed by atoms with Crippen LogP contribution in [0.5, 0.6) is 0 Å². The Morgan fingerprint density at radius 2 is 1.58 bits per heavy atom. The van der Waals surface area contributed by atoms with E-state index in [1.807, 2.05) is 37.3 Å². The van der Waals surface area contributed by atoms with Gasteiger partial charge in [-0.05, 0) is 79.8 Å². The monoisotopic (exact) mass is 826 g/mol. The van der Waals surface area contributed by atoms with E-state index in [1.165, 1.54) is 40.0 Å². The first-order valence-corrected chi connectivity index (χ1v) is 19.4. The summed E-state index contributed by atoms with van der Waals surface area (Å²) < 4.78 is 56.5. The summed E-state index contributed by atoms with van der Waals surface area (Å²) in [6.45, 7) is 5.86. The Morgan fingerprint density at radius 3 is 2.18 bits per heavy atom. The molecule has 0 amide bonds. The molecule has 0 radical (unpaired) electrons. The fourth-order valence-electron chi connectivity index (χ4n) is 7.38. The second-order valence-electron chi connectivity index (χ2n) is 14.9. The summed E-state index contributed by atoms with van der Waals surface area (Å²) in [6, 6.07) is 18.4. The number of pyridine rings is 2. The quantitative estimate of drug-likeness (QED) is 0.148. The molecule has 7 rings (SSSR count). The first-order valence-electron chi connectivity index (χ1n) is 19.4. The fourth-order valence-corrected chi connectivity index (χ4v) is 7.38. The minimum Gasteiger partial charge on any atom is -0.459 e. The maximum Gasteiger partial charge on any atom is 0.351 e. The summed E-state index contributed by atoms with van der Waals surface area (Å²) in [5.74, 6) is -5.01. The van der Waals surface area contributed by atoms with Crippen LogP contribution in [0.4, 0.5) is 24.5 Å². The summed E-state index contributed by atoms with van der Waals surface area (Å²) in [5.41, 5.74) is -1.59. The van der Waals surface area contributed by atoms with Crippen LogP contribution < -0.4 is 15.5 Å². The maximum atomic E-state index is 16.2. The van der Waals surface area contributed by atoms with Crippen molar-refractivity contribution in [3.63, 3.8) is 0 Å². The number of piperazine rings is 1. The van der Waals surface area contributed by atoms with Crippen LogP contribution in [0.1, 0.15) is 37.6 Å². The molecule has 0 aliphatic carbocycles. The topological polar surface area (TPSA) is 165 Å². The summed E-state index contributed by atoms with van der Waals surface area (Å²) in [7, 11) is 3.56. The molecule has 19 heteroatoms. The molecule has 60 heavy (non-hydrogen) atoms. The van der Waals surface area contributed by atoms with E-state index in [2.05, 4.69) is 40.4 Å². The van der Waals surface area contributed by atoms with Gasteiger partial charge >= 0.3 is 17.6 Å². The molecule has 0 bridgehead atoms. The van der Waals surface area contributed by atoms with Gasteiger partial charge in [0.1, 0.15) is 36.1 Å². The SMILES string of the molecule is CCC(C(C)OC(=O)CN(C)C)n1ncn(-c2ccc(N3CCN(c4ccc(-c5ccc(C(F)(F)C(O)(Cn6cnnn6)c6ccccc6F)nc5)cc4)CC3)cn2)c1=O. The van der Waals surface area contributed by atoms with E-state index in [1.54, 1.807) is 38.2 Å². The second kappa shape index (κ2) is 17.4. The summed E-state index contributed by atoms with van der Waals surface area (Å²) in [4.78, 5) is 40.4. The molecule has 3 unspecified atom stereocenters. The number of alkyl halides is 2. The third-order valence-corrected chi connectivity index (χ3v) is 10.6. The first kappa shape index (κ1) is 41.7. The van der Waals surface area contributed by atoms with Crippen LogP contribution in [-0.2, 0) is 27.6 Å². The Labute approximate surface area is 343 Å². The van der Waals surface area contributed by atoms with Crippen molar-refractivity contribution in [1.82, 2.24) is 49.4 Å². The number of rotatable bonds is 15. The molecule has 0 saturated carbocycles. The van der Waals surface area contributed by atoms with Crippen LogP contribution in [0.15, 0.2) is 103 Å². The van der Waals surface area contributed by atoms with Gasteiger partial charge in [-0.15, -0.1) is 5.10 Å². The van der Waals surface area contributed by atoms with Gasteiger partial charge in [-0.2, -0.15) is 13.9 Å². The number of tetrazole rings is 1. The van der Waals surface area contributed by atoms with Crippen LogP contribution in [0.25, 0.3) is 16.9 Å². The minimum atomic E-state index is -4.04. The van der Waals surface area contributed by atoms with E-state index < -0.39 is 47.3 Å². The number of carbonyl (C=O) groups excluding carboxylic acids is 1. The van der Waals surface area contributed by atoms with E-state index in [0.717, 1.165) is 72.3 Å². The van der Waals surface area contributed by atoms with E-state index in [0.29, 0.717) is 17.8 Å². The Morgan fingerprint density at radius 1 is 0.900 bits per heavy atom. The van der Waals surface area contributed by atoms with Gasteiger partial charge in [0.2, 0.25) is 0 Å². The van der Waals surface area contributed by atoms with Gasteiger partial charge in [-0.25, -0.2) is 28.1 Å². The number of hydrogen-bond donors (Lipinski definition) is 1. The van der Waals surface area contributed by atoms with Gasteiger partial charge in [0, 0.05) is 49.2 Å². The number of aliphatic hydroxyl groups is 1. The molecule has 1 saturated heterocycles. The zero-order valence-electron chi connectivity index (χ0n) is 33.5. The number of anilines is 2. The normalized spacial score (nSPS) is 15.5. The van der Waals surface area contributed by atoms with E-state index in [4.69, 9.17) is 4.74 Å². The van der Waals surface area contributed by atoms with E-state index in [9.17, 15) is 19.1 Å². The van der Waals surface area contributed by atoms with E-state index >= 15 is 8.78 Å². The summed E-state index contributed by atoms with van der Waals surface area (Å²) >= 11 is 0. The molecule has 3 atom stereocenters. The standard InChI is InChI=1S/C41H45F3N12O4/c1-5-35(28(2)60-38(57)24-51(3)4)56-39(58)55(27-48-56)37-17-15-32(23-46-37)53-20-18-52(19-21-53)31-13-10-29(11-14-31)30-12-16-36(45-22-30)41(43,44)40(59,25-54-26-47-49-50-54)33-8-6-7-9-34(33)42/h6-17,22-23,26-28,35,59H,5,18-21,24-25H2,1-4H3. The zero-order valence-corrected chi connectivity index (χ0v) is 33.5. The molecular formula is C41H45F3N12O4. The maximum absolute atomic E-state index is 16.2. The van der Waals surface area contributed by atoms with Crippen LogP contribution in [0.3, 0.4) is 0 Å². The van der Waals surface area contributed by atoms with Crippen molar-refractivity contribution in [1.29, 1.82) is 0 Å². The number of hydrogen-bond acceptors (Lipinski definition) is 13. The number of ether oxygens (including phenoxy) is 1. The molecule has 1 N–H and O–H groups in total. The van der Waals surface area contributed by atoms with Gasteiger partial charge in [0.25, 0.3) is 0 Å². The molecule has 0 spiro atoms. The fraction of sp³-hybridized carbons (Fsp3) is 0.366. The smallest absolute Gasteiger partial charge is 0.351 e. The average Bonchev–Trinajstić information content (AvgIpc) is 3.90. The minimum absolute atomic E-state index is 0.135. The lowest BCUT2D eigenvalue weighted by molar-refractivity contribution is -0.207. The summed E-state index contributed by atoms with van der Waals surface area (Å²) in [5, 5.41) is 26.3. The van der Waals surface area contributed by atoms with Crippen molar-refractivity contribution in [3.05, 3.63) is 125 Å². The molecule has 16 nitrogen and oxygen atoms in total. The number of likely N-dealkylation sites (N-methyl/N-ethyl adjacent to an activating group) is 1. The highest BCUT2D eigenvalue weighted by molar-refractivity contribution is 5.71. The highest BCUT2D eigenvalue weighted by Crippen LogP contribution is 2.46. The molecule has 2 aromatic carbocycles. The molecule has 1 aliphatic heterocycles. The first-order chi connectivity index (χ1) is 28.8. The third-order valence-electron chi connectivity index (χ3n) is 10.6. The van der Waals surface area contributed by atoms with Gasteiger partial charge in [0.05, 0.1) is 31.0 Å². The van der Waals surface area contributed by atoms with Gasteiger partial charge in [-0.3, -0.25) is 14.7 Å². The number of carbonyl (C=O) groups is 1. The zero-order chi connectivity index (χ0) is 42.6. The van der Waals surface area contributed by atoms with Crippen LogP contribution >= 0.6 is 0 Å². The molecule has 4 aromatic heterocycles. The Kier molecular flexibility index (Phi) is 12.1.